The first-order valence-corrected chi connectivity index (χ1v) is 11.1. The van der Waals surface area contributed by atoms with Crippen molar-refractivity contribution in [1.82, 2.24) is 19.7 Å². The number of aromatic nitrogens is 1. The molecule has 162 valence electrons. The molecule has 6 heteroatoms. The second kappa shape index (κ2) is 10.0. The van der Waals surface area contributed by atoms with Crippen molar-refractivity contribution < 1.29 is 9.90 Å². The number of piperidine rings is 2. The highest BCUT2D eigenvalue weighted by Gasteiger charge is 2.33. The first-order chi connectivity index (χ1) is 13.9. The van der Waals surface area contributed by atoms with Gasteiger partial charge in [0.25, 0.3) is 0 Å². The van der Waals surface area contributed by atoms with Crippen molar-refractivity contribution >= 4 is 5.91 Å². The summed E-state index contributed by atoms with van der Waals surface area (Å²) in [7, 11) is 1.89. The van der Waals surface area contributed by atoms with Crippen molar-refractivity contribution in [1.29, 1.82) is 0 Å². The van der Waals surface area contributed by atoms with Gasteiger partial charge in [-0.3, -0.25) is 19.6 Å². The maximum absolute atomic E-state index is 13.0. The predicted molar refractivity (Wildman–Crippen MR) is 115 cm³/mol. The Kier molecular flexibility index (Phi) is 7.66. The summed E-state index contributed by atoms with van der Waals surface area (Å²) in [4.78, 5) is 24.0. The van der Waals surface area contributed by atoms with Gasteiger partial charge in [-0.2, -0.15) is 0 Å². The topological polar surface area (TPSA) is 59.9 Å². The van der Waals surface area contributed by atoms with Gasteiger partial charge in [0.15, 0.2) is 0 Å². The van der Waals surface area contributed by atoms with E-state index < -0.39 is 0 Å². The number of aliphatic hydroxyl groups excluding tert-OH is 1. The van der Waals surface area contributed by atoms with Crippen LogP contribution < -0.4 is 0 Å². The van der Waals surface area contributed by atoms with Crippen molar-refractivity contribution in [3.05, 3.63) is 30.1 Å². The molecule has 6 nitrogen and oxygen atoms in total. The van der Waals surface area contributed by atoms with Crippen LogP contribution in [-0.2, 0) is 11.3 Å². The Balaban J connectivity index is 1.48. The molecular weight excluding hydrogens is 364 g/mol. The number of hydrogen-bond acceptors (Lipinski definition) is 5. The molecule has 0 aromatic carbocycles. The predicted octanol–water partition coefficient (Wildman–Crippen LogP) is 2.23. The molecule has 2 aliphatic rings. The van der Waals surface area contributed by atoms with E-state index in [9.17, 15) is 9.90 Å². The van der Waals surface area contributed by atoms with E-state index in [0.29, 0.717) is 12.6 Å². The van der Waals surface area contributed by atoms with Crippen LogP contribution in [0.1, 0.15) is 45.1 Å². The fourth-order valence-corrected chi connectivity index (χ4v) is 4.81. The van der Waals surface area contributed by atoms with Gasteiger partial charge in [0.1, 0.15) is 0 Å². The SMILES string of the molecule is CN(CC(C)(C)CO)C(=O)[C@H]1CCCN(C2CCN(Cc3ccncc3)CC2)C1. The van der Waals surface area contributed by atoms with E-state index >= 15 is 0 Å². The number of carbonyl (C=O) groups excluding carboxylic acids is 1. The first-order valence-electron chi connectivity index (χ1n) is 11.1. The smallest absolute Gasteiger partial charge is 0.226 e. The lowest BCUT2D eigenvalue weighted by Crippen LogP contribution is -2.51. The lowest BCUT2D eigenvalue weighted by atomic mass is 9.91. The molecule has 2 saturated heterocycles. The summed E-state index contributed by atoms with van der Waals surface area (Å²) in [6.07, 6.45) is 8.18. The highest BCUT2D eigenvalue weighted by molar-refractivity contribution is 5.79. The van der Waals surface area contributed by atoms with E-state index in [1.165, 1.54) is 18.4 Å². The van der Waals surface area contributed by atoms with Gasteiger partial charge < -0.3 is 10.0 Å². The lowest BCUT2D eigenvalue weighted by molar-refractivity contribution is -0.138. The summed E-state index contributed by atoms with van der Waals surface area (Å²) in [5, 5.41) is 9.51. The van der Waals surface area contributed by atoms with E-state index in [1.807, 2.05) is 38.2 Å². The van der Waals surface area contributed by atoms with Crippen LogP contribution in [0.15, 0.2) is 24.5 Å². The van der Waals surface area contributed by atoms with Crippen LogP contribution in [0.5, 0.6) is 0 Å². The van der Waals surface area contributed by atoms with E-state index in [2.05, 4.69) is 26.9 Å². The second-order valence-corrected chi connectivity index (χ2v) is 9.71. The third-order valence-corrected chi connectivity index (χ3v) is 6.50. The Morgan fingerprint density at radius 2 is 1.90 bits per heavy atom. The number of hydrogen-bond donors (Lipinski definition) is 1. The van der Waals surface area contributed by atoms with Gasteiger partial charge in [0, 0.05) is 57.1 Å². The third kappa shape index (κ3) is 6.24. The molecule has 3 rings (SSSR count). The van der Waals surface area contributed by atoms with Crippen LogP contribution in [0.25, 0.3) is 0 Å². The second-order valence-electron chi connectivity index (χ2n) is 9.71. The standard InChI is InChI=1S/C23H38N4O2/c1-23(2,18-28)17-25(3)22(29)20-5-4-12-27(16-20)21-8-13-26(14-9-21)15-19-6-10-24-11-7-19/h6-7,10-11,20-21,28H,4-5,8-9,12-18H2,1-3H3/t20-/m0/s1. The monoisotopic (exact) mass is 402 g/mol. The van der Waals surface area contributed by atoms with Crippen LogP contribution in [0.2, 0.25) is 0 Å². The lowest BCUT2D eigenvalue weighted by Gasteiger charge is -2.43. The molecule has 1 amide bonds. The summed E-state index contributed by atoms with van der Waals surface area (Å²) < 4.78 is 0. The first kappa shape index (κ1) is 22.2. The zero-order chi connectivity index (χ0) is 20.9. The maximum atomic E-state index is 13.0. The van der Waals surface area contributed by atoms with Crippen molar-refractivity contribution in [2.75, 3.05) is 46.4 Å². The van der Waals surface area contributed by atoms with Crippen LogP contribution in [-0.4, -0.2) is 83.1 Å². The minimum absolute atomic E-state index is 0.0955. The van der Waals surface area contributed by atoms with Crippen LogP contribution in [0, 0.1) is 11.3 Å². The Hall–Kier alpha value is -1.50. The van der Waals surface area contributed by atoms with E-state index in [4.69, 9.17) is 0 Å². The number of rotatable bonds is 7. The van der Waals surface area contributed by atoms with E-state index in [-0.39, 0.29) is 23.8 Å². The van der Waals surface area contributed by atoms with Crippen molar-refractivity contribution in [2.45, 2.75) is 52.1 Å². The number of nitrogens with zero attached hydrogens (tertiary/aromatic N) is 4. The molecule has 2 aliphatic heterocycles. The molecule has 0 unspecified atom stereocenters. The largest absolute Gasteiger partial charge is 0.396 e. The van der Waals surface area contributed by atoms with Gasteiger partial charge in [-0.25, -0.2) is 0 Å². The molecule has 3 heterocycles. The van der Waals surface area contributed by atoms with E-state index in [0.717, 1.165) is 45.6 Å². The minimum Gasteiger partial charge on any atom is -0.396 e. The normalized spacial score (nSPS) is 22.6. The van der Waals surface area contributed by atoms with Crippen LogP contribution in [0.4, 0.5) is 0 Å². The van der Waals surface area contributed by atoms with Gasteiger partial charge >= 0.3 is 0 Å². The fraction of sp³-hybridized carbons (Fsp3) is 0.739. The number of pyridine rings is 1. The Morgan fingerprint density at radius 3 is 2.55 bits per heavy atom. The molecule has 0 spiro atoms. The molecule has 1 aromatic heterocycles. The zero-order valence-electron chi connectivity index (χ0n) is 18.4. The zero-order valence-corrected chi connectivity index (χ0v) is 18.4. The molecule has 1 aromatic rings. The molecule has 0 radical (unpaired) electrons. The molecule has 29 heavy (non-hydrogen) atoms. The van der Waals surface area contributed by atoms with Gasteiger partial charge in [-0.15, -0.1) is 0 Å². The Bertz CT molecular complexity index is 644. The average Bonchev–Trinajstić information content (AvgIpc) is 2.74. The van der Waals surface area contributed by atoms with Gasteiger partial charge in [-0.1, -0.05) is 13.8 Å². The van der Waals surface area contributed by atoms with Crippen LogP contribution >= 0.6 is 0 Å². The van der Waals surface area contributed by atoms with Crippen molar-refractivity contribution in [2.24, 2.45) is 11.3 Å². The Labute approximate surface area is 175 Å². The maximum Gasteiger partial charge on any atom is 0.226 e. The average molecular weight is 403 g/mol. The fourth-order valence-electron chi connectivity index (χ4n) is 4.81. The highest BCUT2D eigenvalue weighted by Crippen LogP contribution is 2.26. The summed E-state index contributed by atoms with van der Waals surface area (Å²) in [5.74, 6) is 0.337. The van der Waals surface area contributed by atoms with Crippen LogP contribution in [0.3, 0.4) is 0 Å². The number of aliphatic hydroxyl groups is 1. The molecule has 1 N–H and O–H groups in total. The number of likely N-dealkylation sites (tertiary alicyclic amines) is 2. The number of carbonyl (C=O) groups is 1. The van der Waals surface area contributed by atoms with Gasteiger partial charge in [-0.05, 0) is 63.0 Å². The minimum atomic E-state index is -0.250. The molecule has 0 bridgehead atoms. The highest BCUT2D eigenvalue weighted by atomic mass is 16.3. The summed E-state index contributed by atoms with van der Waals surface area (Å²) >= 11 is 0. The van der Waals surface area contributed by atoms with Crippen molar-refractivity contribution in [3.8, 4) is 0 Å². The third-order valence-electron chi connectivity index (χ3n) is 6.50. The summed E-state index contributed by atoms with van der Waals surface area (Å²) in [5.41, 5.74) is 1.08. The van der Waals surface area contributed by atoms with Crippen molar-refractivity contribution in [3.63, 3.8) is 0 Å². The molecule has 1 atom stereocenters. The van der Waals surface area contributed by atoms with Gasteiger partial charge in [0.05, 0.1) is 5.92 Å². The van der Waals surface area contributed by atoms with Gasteiger partial charge in [0.2, 0.25) is 5.91 Å². The van der Waals surface area contributed by atoms with E-state index in [1.54, 1.807) is 0 Å². The molecule has 0 saturated carbocycles. The summed E-state index contributed by atoms with van der Waals surface area (Å²) in [6.45, 7) is 9.95. The molecule has 0 aliphatic carbocycles. The number of amides is 1. The molecule has 2 fully saturated rings. The quantitative estimate of drug-likeness (QED) is 0.758. The summed E-state index contributed by atoms with van der Waals surface area (Å²) in [6, 6.07) is 4.79. The molecular formula is C23H38N4O2. The Morgan fingerprint density at radius 1 is 1.21 bits per heavy atom.